The number of halogens is 3. The summed E-state index contributed by atoms with van der Waals surface area (Å²) in [6.45, 7) is 1.05. The number of benzene rings is 1. The molecule has 1 aromatic carbocycles. The minimum atomic E-state index is -2.70. The maximum absolute atomic E-state index is 14.0. The van der Waals surface area contributed by atoms with Crippen LogP contribution in [-0.2, 0) is 0 Å². The van der Waals surface area contributed by atoms with Crippen molar-refractivity contribution in [1.82, 2.24) is 19.6 Å². The van der Waals surface area contributed by atoms with Crippen molar-refractivity contribution in [2.24, 2.45) is 0 Å². The lowest BCUT2D eigenvalue weighted by Crippen LogP contribution is -2.43. The van der Waals surface area contributed by atoms with Gasteiger partial charge in [-0.05, 0) is 61.2 Å². The van der Waals surface area contributed by atoms with Crippen LogP contribution in [0.4, 0.5) is 24.8 Å². The van der Waals surface area contributed by atoms with E-state index >= 15 is 0 Å². The third-order valence-electron chi connectivity index (χ3n) is 6.84. The highest BCUT2D eigenvalue weighted by molar-refractivity contribution is 5.62. The summed E-state index contributed by atoms with van der Waals surface area (Å²) in [5.41, 5.74) is 2.91. The minimum absolute atomic E-state index is 0.0462. The molecule has 0 spiro atoms. The van der Waals surface area contributed by atoms with Gasteiger partial charge in [0.05, 0.1) is 24.5 Å². The van der Waals surface area contributed by atoms with Crippen LogP contribution < -0.4 is 9.80 Å². The first-order valence-corrected chi connectivity index (χ1v) is 11.9. The smallest absolute Gasteiger partial charge is 0.265 e. The van der Waals surface area contributed by atoms with Crippen LogP contribution in [0.5, 0.6) is 0 Å². The second-order valence-electron chi connectivity index (χ2n) is 9.27. The van der Waals surface area contributed by atoms with Crippen molar-refractivity contribution >= 4 is 17.3 Å². The van der Waals surface area contributed by atoms with Gasteiger partial charge in [0, 0.05) is 19.5 Å². The highest BCUT2D eigenvalue weighted by atomic mass is 19.3. The molecule has 5 heterocycles. The number of piperidine rings is 1. The van der Waals surface area contributed by atoms with E-state index < -0.39 is 5.92 Å². The van der Waals surface area contributed by atoms with Crippen molar-refractivity contribution in [3.8, 4) is 11.4 Å². The first-order chi connectivity index (χ1) is 17.0. The van der Waals surface area contributed by atoms with Gasteiger partial charge in [0.1, 0.15) is 23.1 Å². The summed E-state index contributed by atoms with van der Waals surface area (Å²) in [5.74, 6) is -1.65. The Morgan fingerprint density at radius 3 is 2.69 bits per heavy atom. The average molecular weight is 479 g/mol. The number of imidazole rings is 1. The van der Waals surface area contributed by atoms with E-state index in [1.165, 1.54) is 6.07 Å². The van der Waals surface area contributed by atoms with Crippen molar-refractivity contribution in [2.45, 2.75) is 37.6 Å². The molecule has 0 N–H and O–H groups in total. The Morgan fingerprint density at radius 1 is 0.943 bits per heavy atom. The minimum Gasteiger partial charge on any atom is -0.351 e. The molecule has 1 atom stereocenters. The van der Waals surface area contributed by atoms with E-state index in [4.69, 9.17) is 10.1 Å². The van der Waals surface area contributed by atoms with Crippen LogP contribution in [0, 0.1) is 5.82 Å². The second-order valence-corrected chi connectivity index (χ2v) is 9.27. The lowest BCUT2D eigenvalue weighted by atomic mass is 10.0. The van der Waals surface area contributed by atoms with E-state index in [2.05, 4.69) is 9.88 Å². The van der Waals surface area contributed by atoms with Gasteiger partial charge in [-0.25, -0.2) is 27.7 Å². The van der Waals surface area contributed by atoms with Gasteiger partial charge in [-0.3, -0.25) is 0 Å². The topological polar surface area (TPSA) is 49.6 Å². The van der Waals surface area contributed by atoms with E-state index in [9.17, 15) is 13.2 Å². The van der Waals surface area contributed by atoms with E-state index in [1.807, 2.05) is 30.3 Å². The number of fused-ring (bicyclic) bond motifs is 1. The van der Waals surface area contributed by atoms with Crippen LogP contribution in [0.1, 0.15) is 37.3 Å². The summed E-state index contributed by atoms with van der Waals surface area (Å²) >= 11 is 0. The van der Waals surface area contributed by atoms with Crippen LogP contribution in [0.15, 0.2) is 60.8 Å². The van der Waals surface area contributed by atoms with Crippen molar-refractivity contribution in [3.05, 3.63) is 72.2 Å². The molecule has 2 fully saturated rings. The first kappa shape index (κ1) is 21.9. The summed E-state index contributed by atoms with van der Waals surface area (Å²) < 4.78 is 43.6. The molecule has 4 aromatic rings. The molecule has 0 radical (unpaired) electrons. The van der Waals surface area contributed by atoms with Gasteiger partial charge < -0.3 is 9.80 Å². The second kappa shape index (κ2) is 8.55. The summed E-state index contributed by atoms with van der Waals surface area (Å²) in [6, 6.07) is 16.1. The number of nitrogens with zero attached hydrogens (tertiary/aromatic N) is 6. The fraction of sp³-hybridized carbons (Fsp3) is 0.346. The van der Waals surface area contributed by atoms with Crippen LogP contribution in [0.25, 0.3) is 17.0 Å². The number of anilines is 2. The zero-order valence-corrected chi connectivity index (χ0v) is 19.1. The number of alkyl halides is 2. The summed E-state index contributed by atoms with van der Waals surface area (Å²) in [5, 5.41) is 4.87. The molecule has 0 aliphatic carbocycles. The Bertz CT molecular complexity index is 1370. The molecule has 0 bridgehead atoms. The first-order valence-electron chi connectivity index (χ1n) is 11.9. The molecule has 35 heavy (non-hydrogen) atoms. The van der Waals surface area contributed by atoms with Crippen LogP contribution in [0.3, 0.4) is 0 Å². The highest BCUT2D eigenvalue weighted by Crippen LogP contribution is 2.36. The van der Waals surface area contributed by atoms with Crippen molar-refractivity contribution in [3.63, 3.8) is 0 Å². The molecule has 1 unspecified atom stereocenters. The van der Waals surface area contributed by atoms with Gasteiger partial charge in [-0.15, -0.1) is 5.10 Å². The van der Waals surface area contributed by atoms with E-state index in [1.54, 1.807) is 33.8 Å². The lowest BCUT2D eigenvalue weighted by molar-refractivity contribution is -0.0118. The van der Waals surface area contributed by atoms with Gasteiger partial charge >= 0.3 is 0 Å². The zero-order chi connectivity index (χ0) is 24.0. The summed E-state index contributed by atoms with van der Waals surface area (Å²) in [7, 11) is 0. The molecule has 2 aliphatic heterocycles. The summed E-state index contributed by atoms with van der Waals surface area (Å²) in [6.07, 6.45) is 3.96. The van der Waals surface area contributed by atoms with Gasteiger partial charge in [0.2, 0.25) is 0 Å². The molecule has 0 amide bonds. The average Bonchev–Trinajstić information content (AvgIpc) is 3.51. The standard InChI is InChI=1S/C26H25F3N6/c27-19-6-1-5-18(15-19)21-8-3-14-34(21)25-11-10-23-30-16-22(35(23)32-25)20-7-2-9-24(31-20)33-13-4-12-26(28,29)17-33/h1-2,5-7,9-11,15-16,21H,3-4,8,12-14,17H2. The number of hydrogen-bond acceptors (Lipinski definition) is 5. The van der Waals surface area contributed by atoms with Gasteiger partial charge in [0.15, 0.2) is 5.65 Å². The number of pyridine rings is 1. The Labute approximate surface area is 201 Å². The number of hydrogen-bond donors (Lipinski definition) is 0. The van der Waals surface area contributed by atoms with E-state index in [0.29, 0.717) is 35.8 Å². The Balaban J connectivity index is 1.34. The van der Waals surface area contributed by atoms with Crippen LogP contribution in [-0.4, -0.2) is 45.1 Å². The molecular formula is C26H25F3N6. The fourth-order valence-electron chi connectivity index (χ4n) is 5.20. The van der Waals surface area contributed by atoms with Gasteiger partial charge in [-0.2, -0.15) is 0 Å². The van der Waals surface area contributed by atoms with E-state index in [0.717, 1.165) is 30.8 Å². The fourth-order valence-corrected chi connectivity index (χ4v) is 5.20. The van der Waals surface area contributed by atoms with Gasteiger partial charge in [-0.1, -0.05) is 18.2 Å². The van der Waals surface area contributed by atoms with E-state index in [-0.39, 0.29) is 24.8 Å². The Morgan fingerprint density at radius 2 is 1.83 bits per heavy atom. The van der Waals surface area contributed by atoms with Crippen molar-refractivity contribution in [1.29, 1.82) is 0 Å². The predicted octanol–water partition coefficient (Wildman–Crippen LogP) is 5.51. The normalized spacial score (nSPS) is 20.0. The highest BCUT2D eigenvalue weighted by Gasteiger charge is 2.35. The largest absolute Gasteiger partial charge is 0.351 e. The van der Waals surface area contributed by atoms with Crippen LogP contribution >= 0.6 is 0 Å². The predicted molar refractivity (Wildman–Crippen MR) is 128 cm³/mol. The zero-order valence-electron chi connectivity index (χ0n) is 19.1. The molecule has 9 heteroatoms. The van der Waals surface area contributed by atoms with Crippen LogP contribution in [0.2, 0.25) is 0 Å². The monoisotopic (exact) mass is 478 g/mol. The molecule has 6 rings (SSSR count). The quantitative estimate of drug-likeness (QED) is 0.387. The number of aromatic nitrogens is 4. The molecule has 6 nitrogen and oxygen atoms in total. The van der Waals surface area contributed by atoms with Crippen molar-refractivity contribution < 1.29 is 13.2 Å². The SMILES string of the molecule is Fc1cccc(C2CCCN2c2ccc3ncc(-c4cccc(N5CCCC(F)(F)C5)n4)n3n2)c1. The Hall–Kier alpha value is -3.62. The summed E-state index contributed by atoms with van der Waals surface area (Å²) in [4.78, 5) is 13.0. The molecule has 0 saturated carbocycles. The Kier molecular flexibility index (Phi) is 5.35. The maximum Gasteiger partial charge on any atom is 0.265 e. The van der Waals surface area contributed by atoms with Gasteiger partial charge in [0.25, 0.3) is 5.92 Å². The number of rotatable bonds is 4. The lowest BCUT2D eigenvalue weighted by Gasteiger charge is -2.33. The molecule has 3 aromatic heterocycles. The third-order valence-corrected chi connectivity index (χ3v) is 6.84. The molecule has 180 valence electrons. The maximum atomic E-state index is 14.0. The third kappa shape index (κ3) is 4.19. The van der Waals surface area contributed by atoms with Crippen molar-refractivity contribution in [2.75, 3.05) is 29.4 Å². The molecule has 2 aliphatic rings. The molecular weight excluding hydrogens is 453 g/mol. The molecule has 2 saturated heterocycles.